The van der Waals surface area contributed by atoms with Crippen LogP contribution in [0.1, 0.15) is 46.9 Å². The topological polar surface area (TPSA) is 86.1 Å². The summed E-state index contributed by atoms with van der Waals surface area (Å²) in [6, 6.07) is 10.9. The van der Waals surface area contributed by atoms with Crippen LogP contribution >= 0.6 is 0 Å². The van der Waals surface area contributed by atoms with Gasteiger partial charge in [-0.1, -0.05) is 23.4 Å². The highest BCUT2D eigenvalue weighted by Gasteiger charge is 2.15. The van der Waals surface area contributed by atoms with Gasteiger partial charge in [0.25, 0.3) is 5.91 Å². The fraction of sp³-hybridized carbons (Fsp3) is 0.333. The number of rotatable bonds is 6. The Morgan fingerprint density at radius 3 is 2.64 bits per heavy atom. The molecule has 0 unspecified atom stereocenters. The van der Waals surface area contributed by atoms with Crippen LogP contribution in [0.3, 0.4) is 0 Å². The highest BCUT2D eigenvalue weighted by atomic mass is 16.5. The van der Waals surface area contributed by atoms with Crippen LogP contribution in [-0.2, 0) is 16.1 Å². The lowest BCUT2D eigenvalue weighted by Gasteiger charge is -2.15. The van der Waals surface area contributed by atoms with Crippen molar-refractivity contribution in [3.8, 4) is 0 Å². The molecule has 0 aliphatic rings. The second-order valence-corrected chi connectivity index (χ2v) is 6.82. The molecule has 7 nitrogen and oxygen atoms in total. The Labute approximate surface area is 163 Å². The molecule has 0 spiro atoms. The summed E-state index contributed by atoms with van der Waals surface area (Å²) in [6.07, 6.45) is 0. The normalized spacial score (nSPS) is 12.0. The van der Waals surface area contributed by atoms with Gasteiger partial charge in [-0.15, -0.1) is 5.10 Å². The van der Waals surface area contributed by atoms with Crippen LogP contribution in [-0.4, -0.2) is 33.5 Å². The van der Waals surface area contributed by atoms with Gasteiger partial charge in [0.2, 0.25) is 0 Å². The Morgan fingerprint density at radius 2 is 1.93 bits per heavy atom. The number of esters is 1. The minimum Gasteiger partial charge on any atom is -0.452 e. The Balaban J connectivity index is 1.57. The van der Waals surface area contributed by atoms with Crippen LogP contribution in [0.15, 0.2) is 36.4 Å². The molecule has 0 aliphatic carbocycles. The smallest absolute Gasteiger partial charge is 0.338 e. The first-order valence-corrected chi connectivity index (χ1v) is 9.26. The molecule has 146 valence electrons. The zero-order chi connectivity index (χ0) is 20.3. The molecule has 0 radical (unpaired) electrons. The van der Waals surface area contributed by atoms with E-state index < -0.39 is 5.97 Å². The molecule has 3 rings (SSSR count). The number of aryl methyl sites for hydroxylation is 3. The number of benzene rings is 2. The number of carbonyl (C=O) groups is 2. The van der Waals surface area contributed by atoms with E-state index in [0.29, 0.717) is 17.6 Å². The van der Waals surface area contributed by atoms with E-state index in [1.165, 1.54) is 11.1 Å². The van der Waals surface area contributed by atoms with Crippen molar-refractivity contribution in [1.82, 2.24) is 20.3 Å². The lowest BCUT2D eigenvalue weighted by Crippen LogP contribution is -2.31. The van der Waals surface area contributed by atoms with E-state index in [9.17, 15) is 9.59 Å². The predicted octanol–water partition coefficient (Wildman–Crippen LogP) is 3.10. The van der Waals surface area contributed by atoms with Crippen LogP contribution in [0.25, 0.3) is 11.0 Å². The van der Waals surface area contributed by atoms with Gasteiger partial charge in [0.05, 0.1) is 17.1 Å². The van der Waals surface area contributed by atoms with Crippen molar-refractivity contribution in [2.45, 2.75) is 40.3 Å². The summed E-state index contributed by atoms with van der Waals surface area (Å²) >= 11 is 0. The van der Waals surface area contributed by atoms with Crippen molar-refractivity contribution < 1.29 is 14.3 Å². The van der Waals surface area contributed by atoms with Crippen LogP contribution in [0.4, 0.5) is 0 Å². The maximum Gasteiger partial charge on any atom is 0.338 e. The first kappa shape index (κ1) is 19.5. The molecule has 1 N–H and O–H groups in total. The number of fused-ring (bicyclic) bond motifs is 1. The fourth-order valence-electron chi connectivity index (χ4n) is 2.95. The Hall–Kier alpha value is -3.22. The van der Waals surface area contributed by atoms with E-state index in [4.69, 9.17) is 4.74 Å². The van der Waals surface area contributed by atoms with Crippen molar-refractivity contribution >= 4 is 22.9 Å². The van der Waals surface area contributed by atoms with Gasteiger partial charge in [0, 0.05) is 6.54 Å². The minimum atomic E-state index is -0.568. The summed E-state index contributed by atoms with van der Waals surface area (Å²) in [7, 11) is 0. The molecule has 0 saturated heterocycles. The first-order chi connectivity index (χ1) is 13.4. The second-order valence-electron chi connectivity index (χ2n) is 6.82. The van der Waals surface area contributed by atoms with E-state index in [0.717, 1.165) is 11.1 Å². The van der Waals surface area contributed by atoms with Gasteiger partial charge in [0.1, 0.15) is 5.52 Å². The molecule has 1 amide bonds. The molecule has 0 saturated carbocycles. The Bertz CT molecular complexity index is 1030. The van der Waals surface area contributed by atoms with Crippen molar-refractivity contribution in [2.75, 3.05) is 6.61 Å². The third-order valence-corrected chi connectivity index (χ3v) is 4.79. The summed E-state index contributed by atoms with van der Waals surface area (Å²) in [5.41, 5.74) is 5.17. The van der Waals surface area contributed by atoms with Crippen LogP contribution in [0, 0.1) is 13.8 Å². The molecule has 3 aromatic rings. The average molecular weight is 380 g/mol. The van der Waals surface area contributed by atoms with Gasteiger partial charge in [-0.05, 0) is 62.6 Å². The Kier molecular flexibility index (Phi) is 5.73. The van der Waals surface area contributed by atoms with E-state index in [1.54, 1.807) is 22.9 Å². The van der Waals surface area contributed by atoms with Crippen LogP contribution in [0.5, 0.6) is 0 Å². The zero-order valence-electron chi connectivity index (χ0n) is 16.5. The summed E-state index contributed by atoms with van der Waals surface area (Å²) in [4.78, 5) is 24.4. The lowest BCUT2D eigenvalue weighted by atomic mass is 10.0. The summed E-state index contributed by atoms with van der Waals surface area (Å²) < 4.78 is 6.89. The van der Waals surface area contributed by atoms with Crippen molar-refractivity contribution in [2.24, 2.45) is 0 Å². The highest BCUT2D eigenvalue weighted by Crippen LogP contribution is 2.17. The van der Waals surface area contributed by atoms with Gasteiger partial charge in [-0.2, -0.15) is 0 Å². The van der Waals surface area contributed by atoms with Gasteiger partial charge in [-0.3, -0.25) is 4.79 Å². The lowest BCUT2D eigenvalue weighted by molar-refractivity contribution is -0.124. The third kappa shape index (κ3) is 4.19. The highest BCUT2D eigenvalue weighted by molar-refractivity contribution is 5.94. The van der Waals surface area contributed by atoms with E-state index in [1.807, 2.05) is 45.9 Å². The van der Waals surface area contributed by atoms with Crippen LogP contribution < -0.4 is 5.32 Å². The molecule has 2 aromatic carbocycles. The molecule has 7 heteroatoms. The third-order valence-electron chi connectivity index (χ3n) is 4.79. The van der Waals surface area contributed by atoms with E-state index >= 15 is 0 Å². The maximum atomic E-state index is 12.2. The largest absolute Gasteiger partial charge is 0.452 e. The van der Waals surface area contributed by atoms with Crippen molar-refractivity contribution in [1.29, 1.82) is 0 Å². The number of nitrogens with one attached hydrogen (secondary N) is 1. The number of nitrogens with zero attached hydrogens (tertiary/aromatic N) is 3. The number of ether oxygens (including phenoxy) is 1. The summed E-state index contributed by atoms with van der Waals surface area (Å²) in [6.45, 7) is 8.29. The molecule has 1 atom stereocenters. The number of aromatic nitrogens is 3. The summed E-state index contributed by atoms with van der Waals surface area (Å²) in [5.74, 6) is -0.918. The fourth-order valence-corrected chi connectivity index (χ4v) is 2.95. The molecule has 0 fully saturated rings. The molecule has 0 bridgehead atoms. The zero-order valence-corrected chi connectivity index (χ0v) is 16.5. The molecular formula is C21H24N4O3. The monoisotopic (exact) mass is 380 g/mol. The number of hydrogen-bond acceptors (Lipinski definition) is 5. The van der Waals surface area contributed by atoms with E-state index in [2.05, 4.69) is 15.6 Å². The number of hydrogen-bond donors (Lipinski definition) is 1. The minimum absolute atomic E-state index is 0.175. The van der Waals surface area contributed by atoms with Crippen molar-refractivity contribution in [3.63, 3.8) is 0 Å². The Morgan fingerprint density at radius 1 is 1.14 bits per heavy atom. The summed E-state index contributed by atoms with van der Waals surface area (Å²) in [5, 5.41) is 10.9. The SMILES string of the molecule is CCn1nnc2cc(C(=O)OCC(=O)N[C@@H](C)c3ccc(C)c(C)c3)ccc21. The van der Waals surface area contributed by atoms with Gasteiger partial charge < -0.3 is 10.1 Å². The molecule has 1 aromatic heterocycles. The van der Waals surface area contributed by atoms with Crippen LogP contribution in [0.2, 0.25) is 0 Å². The predicted molar refractivity (Wildman–Crippen MR) is 106 cm³/mol. The van der Waals surface area contributed by atoms with Gasteiger partial charge in [0.15, 0.2) is 6.61 Å². The van der Waals surface area contributed by atoms with Crippen molar-refractivity contribution in [3.05, 3.63) is 58.7 Å². The quantitative estimate of drug-likeness (QED) is 0.664. The maximum absolute atomic E-state index is 12.2. The standard InChI is InChI=1S/C21H24N4O3/c1-5-25-19-9-8-17(11-18(19)23-24-25)21(27)28-12-20(26)22-15(4)16-7-6-13(2)14(3)10-16/h6-11,15H,5,12H2,1-4H3,(H,22,26)/t15-/m0/s1. The molecule has 0 aliphatic heterocycles. The molecule has 1 heterocycles. The van der Waals surface area contributed by atoms with Gasteiger partial charge >= 0.3 is 5.97 Å². The number of carbonyl (C=O) groups excluding carboxylic acids is 2. The average Bonchev–Trinajstić information content (AvgIpc) is 3.10. The van der Waals surface area contributed by atoms with Gasteiger partial charge in [-0.25, -0.2) is 9.48 Å². The molecule has 28 heavy (non-hydrogen) atoms. The second kappa shape index (κ2) is 8.21. The number of amides is 1. The first-order valence-electron chi connectivity index (χ1n) is 9.26. The molecular weight excluding hydrogens is 356 g/mol. The van der Waals surface area contributed by atoms with E-state index in [-0.39, 0.29) is 18.6 Å².